The number of pyridine rings is 1. The number of nitrogens with one attached hydrogen (secondary N) is 1. The number of hydrogen-bond donors (Lipinski definition) is 2. The van der Waals surface area contributed by atoms with Crippen LogP contribution in [0.2, 0.25) is 0 Å². The molecule has 164 valence electrons. The van der Waals surface area contributed by atoms with Gasteiger partial charge in [-0.3, -0.25) is 15.1 Å². The van der Waals surface area contributed by atoms with Gasteiger partial charge in [-0.05, 0) is 59.7 Å². The first-order valence-electron chi connectivity index (χ1n) is 10.1. The summed E-state index contributed by atoms with van der Waals surface area (Å²) in [4.78, 5) is 16.8. The lowest BCUT2D eigenvalue weighted by Crippen LogP contribution is -2.32. The molecule has 0 aliphatic carbocycles. The Bertz CT molecular complexity index is 1080. The van der Waals surface area contributed by atoms with Gasteiger partial charge < -0.3 is 20.1 Å². The Labute approximate surface area is 190 Å². The predicted octanol–water partition coefficient (Wildman–Crippen LogP) is 3.53. The zero-order valence-corrected chi connectivity index (χ0v) is 17.9. The number of aliphatic hydroxyl groups is 1. The van der Waals surface area contributed by atoms with Crippen LogP contribution in [0.1, 0.15) is 28.9 Å². The van der Waals surface area contributed by atoms with E-state index in [0.717, 1.165) is 16.8 Å². The molecule has 1 aromatic heterocycles. The van der Waals surface area contributed by atoms with Crippen molar-refractivity contribution in [2.75, 3.05) is 13.2 Å². The van der Waals surface area contributed by atoms with E-state index >= 15 is 0 Å². The minimum absolute atomic E-state index is 0.0102. The smallest absolute Gasteiger partial charge is 0.269 e. The van der Waals surface area contributed by atoms with Gasteiger partial charge in [0.2, 0.25) is 0 Å². The van der Waals surface area contributed by atoms with Crippen molar-refractivity contribution in [2.45, 2.75) is 18.7 Å². The summed E-state index contributed by atoms with van der Waals surface area (Å²) in [5, 5.41) is 24.2. The van der Waals surface area contributed by atoms with E-state index in [1.807, 2.05) is 47.4 Å². The maximum absolute atomic E-state index is 10.8. The molecule has 2 heterocycles. The van der Waals surface area contributed by atoms with Crippen molar-refractivity contribution in [3.05, 3.63) is 99.9 Å². The number of thiocarbonyl (C=S) groups is 1. The number of aromatic nitrogens is 1. The average molecular weight is 451 g/mol. The molecule has 3 aromatic rings. The number of nitro benzene ring substituents is 1. The quantitative estimate of drug-likeness (QED) is 0.305. The first-order valence-corrected chi connectivity index (χ1v) is 10.5. The van der Waals surface area contributed by atoms with Crippen molar-refractivity contribution in [1.82, 2.24) is 15.2 Å². The van der Waals surface area contributed by atoms with Crippen LogP contribution in [0, 0.1) is 10.1 Å². The van der Waals surface area contributed by atoms with Gasteiger partial charge >= 0.3 is 0 Å². The molecular formula is C23H22N4O4S. The Hall–Kier alpha value is -3.56. The van der Waals surface area contributed by atoms with Crippen LogP contribution < -0.4 is 10.1 Å². The summed E-state index contributed by atoms with van der Waals surface area (Å²) in [6.45, 7) is 0.710. The average Bonchev–Trinajstić information content (AvgIpc) is 3.15. The number of β-amino-alcohol motifs (C(OH)–C–C–N with tert-alkyl or cyclic N) is 1. The Morgan fingerprint density at radius 2 is 1.88 bits per heavy atom. The molecular weight excluding hydrogens is 428 g/mol. The highest BCUT2D eigenvalue weighted by molar-refractivity contribution is 7.80. The molecule has 4 rings (SSSR count). The molecule has 0 unspecified atom stereocenters. The minimum Gasteiger partial charge on any atom is -0.489 e. The molecule has 1 aliphatic rings. The molecule has 0 amide bonds. The van der Waals surface area contributed by atoms with Gasteiger partial charge in [0.05, 0.1) is 29.3 Å². The molecule has 0 saturated carbocycles. The van der Waals surface area contributed by atoms with Crippen molar-refractivity contribution < 1.29 is 14.8 Å². The van der Waals surface area contributed by atoms with E-state index in [0.29, 0.717) is 24.0 Å². The minimum atomic E-state index is -0.425. The Morgan fingerprint density at radius 3 is 2.50 bits per heavy atom. The maximum atomic E-state index is 10.8. The number of aliphatic hydroxyl groups excluding tert-OH is 1. The van der Waals surface area contributed by atoms with Gasteiger partial charge in [-0.1, -0.05) is 18.2 Å². The third kappa shape index (κ3) is 4.68. The number of ether oxygens (including phenoxy) is 1. The van der Waals surface area contributed by atoms with E-state index in [4.69, 9.17) is 17.0 Å². The summed E-state index contributed by atoms with van der Waals surface area (Å²) >= 11 is 5.52. The van der Waals surface area contributed by atoms with Crippen LogP contribution in [-0.2, 0) is 6.61 Å². The SMILES string of the molecule is O=[N+]([O-])c1ccc(COc2ccc([C@H]3[C@H](c4ccccn4)NC(=S)N3CCO)cc2)cc1. The van der Waals surface area contributed by atoms with E-state index in [9.17, 15) is 15.2 Å². The summed E-state index contributed by atoms with van der Waals surface area (Å²) in [7, 11) is 0. The Kier molecular flexibility index (Phi) is 6.58. The second-order valence-electron chi connectivity index (χ2n) is 7.32. The van der Waals surface area contributed by atoms with Crippen LogP contribution in [0.4, 0.5) is 5.69 Å². The number of benzene rings is 2. The fourth-order valence-corrected chi connectivity index (χ4v) is 4.09. The van der Waals surface area contributed by atoms with E-state index < -0.39 is 4.92 Å². The number of rotatable bonds is 8. The highest BCUT2D eigenvalue weighted by Crippen LogP contribution is 2.38. The second kappa shape index (κ2) is 9.71. The van der Waals surface area contributed by atoms with Crippen LogP contribution in [-0.4, -0.2) is 38.2 Å². The van der Waals surface area contributed by atoms with E-state index in [2.05, 4.69) is 10.3 Å². The van der Waals surface area contributed by atoms with Gasteiger partial charge in [-0.25, -0.2) is 0 Å². The third-order valence-corrected chi connectivity index (χ3v) is 5.67. The standard InChI is InChI=1S/C23H22N4O4S/c28-14-13-26-22(21(25-23(26)32)20-3-1-2-12-24-20)17-6-10-19(11-7-17)31-15-16-4-8-18(9-5-16)27(29)30/h1-12,21-22,28H,13-15H2,(H,25,32)/t21-,22-/m0/s1. The molecule has 32 heavy (non-hydrogen) atoms. The summed E-state index contributed by atoms with van der Waals surface area (Å²) in [5.41, 5.74) is 2.79. The topological polar surface area (TPSA) is 101 Å². The number of hydrogen-bond acceptors (Lipinski definition) is 6. The van der Waals surface area contributed by atoms with Gasteiger partial charge in [-0.15, -0.1) is 0 Å². The zero-order valence-electron chi connectivity index (χ0n) is 17.1. The number of nitro groups is 1. The Balaban J connectivity index is 1.50. The van der Waals surface area contributed by atoms with E-state index in [1.165, 1.54) is 12.1 Å². The van der Waals surface area contributed by atoms with E-state index in [1.54, 1.807) is 18.3 Å². The summed E-state index contributed by atoms with van der Waals surface area (Å²) in [6.07, 6.45) is 1.75. The lowest BCUT2D eigenvalue weighted by Gasteiger charge is -2.27. The molecule has 2 N–H and O–H groups in total. The summed E-state index contributed by atoms with van der Waals surface area (Å²) in [6, 6.07) is 19.5. The maximum Gasteiger partial charge on any atom is 0.269 e. The Morgan fingerprint density at radius 1 is 1.12 bits per heavy atom. The summed E-state index contributed by atoms with van der Waals surface area (Å²) in [5.74, 6) is 0.684. The molecule has 1 fully saturated rings. The molecule has 0 bridgehead atoms. The van der Waals surface area contributed by atoms with Crippen molar-refractivity contribution in [2.24, 2.45) is 0 Å². The first-order chi connectivity index (χ1) is 15.6. The van der Waals surface area contributed by atoms with Crippen LogP contribution in [0.3, 0.4) is 0 Å². The highest BCUT2D eigenvalue weighted by Gasteiger charge is 2.39. The van der Waals surface area contributed by atoms with E-state index in [-0.39, 0.29) is 24.4 Å². The molecule has 1 aliphatic heterocycles. The largest absolute Gasteiger partial charge is 0.489 e. The molecule has 1 saturated heterocycles. The highest BCUT2D eigenvalue weighted by atomic mass is 32.1. The normalized spacial score (nSPS) is 17.8. The van der Waals surface area contributed by atoms with Gasteiger partial charge in [0.25, 0.3) is 5.69 Å². The number of nitrogens with zero attached hydrogens (tertiary/aromatic N) is 3. The molecule has 2 atom stereocenters. The lowest BCUT2D eigenvalue weighted by molar-refractivity contribution is -0.384. The van der Waals surface area contributed by atoms with Crippen LogP contribution >= 0.6 is 12.2 Å². The van der Waals surface area contributed by atoms with Gasteiger partial charge in [0.15, 0.2) is 5.11 Å². The van der Waals surface area contributed by atoms with Crippen LogP contribution in [0.15, 0.2) is 72.9 Å². The predicted molar refractivity (Wildman–Crippen MR) is 123 cm³/mol. The summed E-state index contributed by atoms with van der Waals surface area (Å²) < 4.78 is 5.84. The van der Waals surface area contributed by atoms with Crippen LogP contribution in [0.5, 0.6) is 5.75 Å². The van der Waals surface area contributed by atoms with Gasteiger partial charge in [0, 0.05) is 24.9 Å². The molecule has 0 spiro atoms. The molecule has 2 aromatic carbocycles. The van der Waals surface area contributed by atoms with Crippen molar-refractivity contribution in [3.63, 3.8) is 0 Å². The van der Waals surface area contributed by atoms with Gasteiger partial charge in [0.1, 0.15) is 12.4 Å². The van der Waals surface area contributed by atoms with Crippen LogP contribution in [0.25, 0.3) is 0 Å². The fourth-order valence-electron chi connectivity index (χ4n) is 3.76. The zero-order chi connectivity index (χ0) is 22.5. The molecule has 9 heteroatoms. The number of non-ortho nitro benzene ring substituents is 1. The van der Waals surface area contributed by atoms with Crippen molar-refractivity contribution in [3.8, 4) is 5.75 Å². The molecule has 8 nitrogen and oxygen atoms in total. The second-order valence-corrected chi connectivity index (χ2v) is 7.71. The van der Waals surface area contributed by atoms with Crippen molar-refractivity contribution in [1.29, 1.82) is 0 Å². The van der Waals surface area contributed by atoms with Gasteiger partial charge in [-0.2, -0.15) is 0 Å². The monoisotopic (exact) mass is 450 g/mol. The van der Waals surface area contributed by atoms with Crippen molar-refractivity contribution >= 4 is 23.0 Å². The third-order valence-electron chi connectivity index (χ3n) is 5.31. The molecule has 0 radical (unpaired) electrons. The first kappa shape index (κ1) is 21.7. The lowest BCUT2D eigenvalue weighted by atomic mass is 9.97. The fraction of sp³-hybridized carbons (Fsp3) is 0.217.